The van der Waals surface area contributed by atoms with Gasteiger partial charge in [0.1, 0.15) is 5.75 Å². The van der Waals surface area contributed by atoms with Gasteiger partial charge < -0.3 is 15.2 Å². The minimum absolute atomic E-state index is 0.202. The predicted molar refractivity (Wildman–Crippen MR) is 92.1 cm³/mol. The standard InChI is InChI=1S/C18H21NO3S/c1-22-15-7-4-8-16(12-15)23-17-9-3-2-6-14(17)13-19-11-5-10-18(20)21/h2-4,6-9,12,19H,5,10-11,13H2,1H3,(H,20,21). The summed E-state index contributed by atoms with van der Waals surface area (Å²) in [5.74, 6) is 0.0973. The smallest absolute Gasteiger partial charge is 0.303 e. The van der Waals surface area contributed by atoms with Gasteiger partial charge in [-0.2, -0.15) is 0 Å². The van der Waals surface area contributed by atoms with Gasteiger partial charge >= 0.3 is 5.97 Å². The van der Waals surface area contributed by atoms with Crippen LogP contribution in [0.4, 0.5) is 0 Å². The topological polar surface area (TPSA) is 58.6 Å². The highest BCUT2D eigenvalue weighted by molar-refractivity contribution is 7.99. The molecule has 0 saturated heterocycles. The first kappa shape index (κ1) is 17.4. The number of rotatable bonds is 9. The first-order chi connectivity index (χ1) is 11.2. The van der Waals surface area contributed by atoms with Gasteiger partial charge in [0.2, 0.25) is 0 Å². The molecule has 0 unspecified atom stereocenters. The van der Waals surface area contributed by atoms with Crippen LogP contribution >= 0.6 is 11.8 Å². The van der Waals surface area contributed by atoms with Crippen molar-refractivity contribution in [3.05, 3.63) is 54.1 Å². The van der Waals surface area contributed by atoms with Crippen molar-refractivity contribution in [2.24, 2.45) is 0 Å². The largest absolute Gasteiger partial charge is 0.497 e. The molecule has 0 radical (unpaired) electrons. The van der Waals surface area contributed by atoms with Gasteiger partial charge in [-0.3, -0.25) is 4.79 Å². The van der Waals surface area contributed by atoms with Crippen molar-refractivity contribution >= 4 is 17.7 Å². The molecule has 0 atom stereocenters. The van der Waals surface area contributed by atoms with E-state index in [9.17, 15) is 4.79 Å². The minimum Gasteiger partial charge on any atom is -0.497 e. The molecular formula is C18H21NO3S. The molecule has 23 heavy (non-hydrogen) atoms. The zero-order chi connectivity index (χ0) is 16.5. The van der Waals surface area contributed by atoms with E-state index in [1.165, 1.54) is 10.5 Å². The molecule has 2 N–H and O–H groups in total. The van der Waals surface area contributed by atoms with E-state index in [0.717, 1.165) is 17.2 Å². The van der Waals surface area contributed by atoms with Crippen LogP contribution in [-0.4, -0.2) is 24.7 Å². The summed E-state index contributed by atoms with van der Waals surface area (Å²) in [7, 11) is 1.67. The first-order valence-corrected chi connectivity index (χ1v) is 8.33. The van der Waals surface area contributed by atoms with Crippen molar-refractivity contribution in [1.29, 1.82) is 0 Å². The Kier molecular flexibility index (Phi) is 6.97. The van der Waals surface area contributed by atoms with Crippen molar-refractivity contribution < 1.29 is 14.6 Å². The van der Waals surface area contributed by atoms with Gasteiger partial charge in [-0.1, -0.05) is 36.0 Å². The van der Waals surface area contributed by atoms with E-state index in [1.807, 2.05) is 30.3 Å². The molecule has 0 bridgehead atoms. The molecule has 0 aliphatic carbocycles. The molecule has 0 aromatic heterocycles. The molecule has 0 spiro atoms. The van der Waals surface area contributed by atoms with Gasteiger partial charge in [0.25, 0.3) is 0 Å². The summed E-state index contributed by atoms with van der Waals surface area (Å²) in [5.41, 5.74) is 1.20. The Morgan fingerprint density at radius 3 is 2.83 bits per heavy atom. The summed E-state index contributed by atoms with van der Waals surface area (Å²) in [5, 5.41) is 11.9. The molecule has 0 aliphatic heterocycles. The number of hydrogen-bond acceptors (Lipinski definition) is 4. The van der Waals surface area contributed by atoms with Crippen LogP contribution in [0.15, 0.2) is 58.3 Å². The first-order valence-electron chi connectivity index (χ1n) is 7.51. The Bertz CT molecular complexity index is 646. The number of carboxylic acid groups (broad SMARTS) is 1. The van der Waals surface area contributed by atoms with Crippen molar-refractivity contribution in [2.75, 3.05) is 13.7 Å². The van der Waals surface area contributed by atoms with Gasteiger partial charge in [0, 0.05) is 22.8 Å². The molecule has 0 amide bonds. The summed E-state index contributed by atoms with van der Waals surface area (Å²) in [6, 6.07) is 16.2. The van der Waals surface area contributed by atoms with Gasteiger partial charge in [-0.25, -0.2) is 0 Å². The maximum Gasteiger partial charge on any atom is 0.303 e. The van der Waals surface area contributed by atoms with E-state index in [1.54, 1.807) is 18.9 Å². The molecule has 2 rings (SSSR count). The lowest BCUT2D eigenvalue weighted by molar-refractivity contribution is -0.137. The van der Waals surface area contributed by atoms with E-state index in [-0.39, 0.29) is 6.42 Å². The highest BCUT2D eigenvalue weighted by Gasteiger charge is 2.05. The third-order valence-electron chi connectivity index (χ3n) is 3.30. The van der Waals surface area contributed by atoms with E-state index < -0.39 is 5.97 Å². The molecule has 0 fully saturated rings. The maximum absolute atomic E-state index is 10.5. The zero-order valence-corrected chi connectivity index (χ0v) is 13.9. The zero-order valence-electron chi connectivity index (χ0n) is 13.1. The maximum atomic E-state index is 10.5. The molecule has 2 aromatic carbocycles. The Labute approximate surface area is 140 Å². The van der Waals surface area contributed by atoms with Crippen molar-refractivity contribution in [3.63, 3.8) is 0 Å². The molecule has 0 saturated carbocycles. The monoisotopic (exact) mass is 331 g/mol. The fraction of sp³-hybridized carbons (Fsp3) is 0.278. The second-order valence-corrected chi connectivity index (χ2v) is 6.18. The van der Waals surface area contributed by atoms with Gasteiger partial charge in [-0.15, -0.1) is 0 Å². The molecular weight excluding hydrogens is 310 g/mol. The lowest BCUT2D eigenvalue weighted by Crippen LogP contribution is -2.16. The number of ether oxygens (including phenoxy) is 1. The quantitative estimate of drug-likeness (QED) is 0.685. The summed E-state index contributed by atoms with van der Waals surface area (Å²) >= 11 is 1.70. The van der Waals surface area contributed by atoms with Crippen LogP contribution in [0.5, 0.6) is 5.75 Å². The van der Waals surface area contributed by atoms with Crippen molar-refractivity contribution in [1.82, 2.24) is 5.32 Å². The van der Waals surface area contributed by atoms with E-state index in [0.29, 0.717) is 13.0 Å². The molecule has 0 aliphatic rings. The lowest BCUT2D eigenvalue weighted by atomic mass is 10.2. The van der Waals surface area contributed by atoms with E-state index >= 15 is 0 Å². The predicted octanol–water partition coefficient (Wildman–Crippen LogP) is 3.80. The van der Waals surface area contributed by atoms with Crippen LogP contribution in [0, 0.1) is 0 Å². The van der Waals surface area contributed by atoms with E-state index in [2.05, 4.69) is 23.5 Å². The van der Waals surface area contributed by atoms with Gasteiger partial charge in [-0.05, 0) is 42.8 Å². The van der Waals surface area contributed by atoms with Crippen molar-refractivity contribution in [2.45, 2.75) is 29.2 Å². The third kappa shape index (κ3) is 5.96. The highest BCUT2D eigenvalue weighted by atomic mass is 32.2. The van der Waals surface area contributed by atoms with Crippen LogP contribution < -0.4 is 10.1 Å². The average Bonchev–Trinajstić information content (AvgIpc) is 2.56. The average molecular weight is 331 g/mol. The van der Waals surface area contributed by atoms with Crippen LogP contribution in [0.1, 0.15) is 18.4 Å². The van der Waals surface area contributed by atoms with Crippen molar-refractivity contribution in [3.8, 4) is 5.75 Å². The Balaban J connectivity index is 1.95. The fourth-order valence-electron chi connectivity index (χ4n) is 2.13. The summed E-state index contributed by atoms with van der Waals surface area (Å²) in [4.78, 5) is 12.8. The van der Waals surface area contributed by atoms with Gasteiger partial charge in [0.05, 0.1) is 7.11 Å². The summed E-state index contributed by atoms with van der Waals surface area (Å²) < 4.78 is 5.26. The molecule has 122 valence electrons. The molecule has 4 nitrogen and oxygen atoms in total. The van der Waals surface area contributed by atoms with Crippen LogP contribution in [0.3, 0.4) is 0 Å². The number of hydrogen-bond donors (Lipinski definition) is 2. The minimum atomic E-state index is -0.749. The third-order valence-corrected chi connectivity index (χ3v) is 4.41. The number of benzene rings is 2. The summed E-state index contributed by atoms with van der Waals surface area (Å²) in [6.07, 6.45) is 0.841. The molecule has 5 heteroatoms. The normalized spacial score (nSPS) is 10.5. The highest BCUT2D eigenvalue weighted by Crippen LogP contribution is 2.32. The number of methoxy groups -OCH3 is 1. The fourth-order valence-corrected chi connectivity index (χ4v) is 3.12. The van der Waals surface area contributed by atoms with Crippen LogP contribution in [0.2, 0.25) is 0 Å². The van der Waals surface area contributed by atoms with Gasteiger partial charge in [0.15, 0.2) is 0 Å². The number of nitrogens with one attached hydrogen (secondary N) is 1. The second kappa shape index (κ2) is 9.22. The second-order valence-electron chi connectivity index (χ2n) is 5.06. The number of carbonyl (C=O) groups is 1. The van der Waals surface area contributed by atoms with Crippen LogP contribution in [0.25, 0.3) is 0 Å². The SMILES string of the molecule is COc1cccc(Sc2ccccc2CNCCCC(=O)O)c1. The van der Waals surface area contributed by atoms with E-state index in [4.69, 9.17) is 9.84 Å². The Morgan fingerprint density at radius 2 is 2.04 bits per heavy atom. The van der Waals surface area contributed by atoms with Crippen LogP contribution in [-0.2, 0) is 11.3 Å². The Morgan fingerprint density at radius 1 is 1.22 bits per heavy atom. The Hall–Kier alpha value is -1.98. The number of carboxylic acids is 1. The molecule has 0 heterocycles. The summed E-state index contributed by atoms with van der Waals surface area (Å²) in [6.45, 7) is 1.43. The number of aliphatic carboxylic acids is 1. The molecule has 2 aromatic rings. The lowest BCUT2D eigenvalue weighted by Gasteiger charge is -2.11.